The summed E-state index contributed by atoms with van der Waals surface area (Å²) in [5.74, 6) is 1.52. The van der Waals surface area contributed by atoms with E-state index in [4.69, 9.17) is 0 Å². The number of aliphatic imine (C=N–C) groups is 2. The van der Waals surface area contributed by atoms with Crippen molar-refractivity contribution in [3.05, 3.63) is 59.7 Å². The lowest BCUT2D eigenvalue weighted by Gasteiger charge is -2.19. The number of benzene rings is 2. The van der Waals surface area contributed by atoms with Crippen LogP contribution in [-0.4, -0.2) is 85.4 Å². The van der Waals surface area contributed by atoms with Crippen LogP contribution in [0.3, 0.4) is 0 Å². The van der Waals surface area contributed by atoms with E-state index in [1.165, 1.54) is 12.8 Å². The van der Waals surface area contributed by atoms with E-state index < -0.39 is 12.2 Å². The van der Waals surface area contributed by atoms with Crippen LogP contribution in [0, 0.1) is 0 Å². The van der Waals surface area contributed by atoms with Crippen LogP contribution in [0.2, 0.25) is 0 Å². The molecule has 4 amide bonds. The lowest BCUT2D eigenvalue weighted by atomic mass is 10.1. The van der Waals surface area contributed by atoms with Crippen LogP contribution < -0.4 is 31.9 Å². The summed E-state index contributed by atoms with van der Waals surface area (Å²) in [5, 5.41) is 36.8. The average molecular weight is 607 g/mol. The van der Waals surface area contributed by atoms with Gasteiger partial charge in [-0.05, 0) is 61.4 Å². The molecule has 0 saturated heterocycles. The van der Waals surface area contributed by atoms with Crippen LogP contribution in [0.15, 0.2) is 58.5 Å². The summed E-state index contributed by atoms with van der Waals surface area (Å²) in [5.41, 5.74) is 3.28. The molecule has 0 aliphatic carbocycles. The highest BCUT2D eigenvalue weighted by Crippen LogP contribution is 2.13. The minimum atomic E-state index is -0.444. The molecule has 238 valence electrons. The normalized spacial score (nSPS) is 17.8. The maximum absolute atomic E-state index is 12.2. The van der Waals surface area contributed by atoms with Gasteiger partial charge in [0.1, 0.15) is 11.7 Å². The van der Waals surface area contributed by atoms with Crippen LogP contribution in [0.4, 0.5) is 21.0 Å². The molecule has 12 heteroatoms. The molecule has 2 aliphatic rings. The Balaban J connectivity index is 0.946. The van der Waals surface area contributed by atoms with Crippen molar-refractivity contribution < 1.29 is 19.8 Å². The number of rotatable bonds is 15. The first kappa shape index (κ1) is 32.7. The van der Waals surface area contributed by atoms with Gasteiger partial charge in [0.15, 0.2) is 0 Å². The van der Waals surface area contributed by atoms with Gasteiger partial charge in [0.25, 0.3) is 0 Å². The Morgan fingerprint density at radius 1 is 0.614 bits per heavy atom. The third kappa shape index (κ3) is 11.5. The Morgan fingerprint density at radius 3 is 1.32 bits per heavy atom. The summed E-state index contributed by atoms with van der Waals surface area (Å²) in [7, 11) is 0. The third-order valence-corrected chi connectivity index (χ3v) is 7.44. The number of hydrogen-bond acceptors (Lipinski definition) is 8. The number of anilines is 2. The smallest absolute Gasteiger partial charge is 0.319 e. The third-order valence-electron chi connectivity index (χ3n) is 7.44. The Morgan fingerprint density at radius 2 is 0.977 bits per heavy atom. The van der Waals surface area contributed by atoms with E-state index in [1.54, 1.807) is 0 Å². The van der Waals surface area contributed by atoms with Gasteiger partial charge in [-0.25, -0.2) is 9.59 Å². The highest BCUT2D eigenvalue weighted by molar-refractivity contribution is 6.00. The number of unbranched alkanes of at least 4 members (excludes halogenated alkanes) is 7. The van der Waals surface area contributed by atoms with E-state index in [9.17, 15) is 19.8 Å². The first-order chi connectivity index (χ1) is 21.5. The molecular formula is C32H46N8O4. The Labute approximate surface area is 259 Å². The first-order valence-corrected chi connectivity index (χ1v) is 15.7. The van der Waals surface area contributed by atoms with Crippen LogP contribution >= 0.6 is 0 Å². The Bertz CT molecular complexity index is 1150. The fourth-order valence-corrected chi connectivity index (χ4v) is 4.94. The van der Waals surface area contributed by atoms with Gasteiger partial charge in [-0.1, -0.05) is 38.5 Å². The van der Waals surface area contributed by atoms with E-state index in [-0.39, 0.29) is 12.1 Å². The van der Waals surface area contributed by atoms with Crippen LogP contribution in [0.1, 0.15) is 62.5 Å². The zero-order valence-electron chi connectivity index (χ0n) is 25.3. The molecule has 4 rings (SSSR count). The Hall–Kier alpha value is -4.16. The van der Waals surface area contributed by atoms with E-state index >= 15 is 0 Å². The molecule has 2 heterocycles. The number of amides is 4. The van der Waals surface area contributed by atoms with Crippen molar-refractivity contribution in [2.24, 2.45) is 9.98 Å². The molecule has 2 unspecified atom stereocenters. The molecule has 2 atom stereocenters. The van der Waals surface area contributed by atoms with Crippen LogP contribution in [-0.2, 0) is 0 Å². The molecule has 0 saturated carbocycles. The molecule has 0 fully saturated rings. The molecule has 2 aromatic carbocycles. The lowest BCUT2D eigenvalue weighted by Crippen LogP contribution is -2.39. The zero-order chi connectivity index (χ0) is 31.0. The van der Waals surface area contributed by atoms with Crippen molar-refractivity contribution in [3.63, 3.8) is 0 Å². The molecular weight excluding hydrogens is 560 g/mol. The maximum Gasteiger partial charge on any atom is 0.319 e. The Kier molecular flexibility index (Phi) is 13.3. The average Bonchev–Trinajstić information content (AvgIpc) is 3.03. The molecule has 0 spiro atoms. The fraction of sp³-hybridized carbons (Fsp3) is 0.500. The number of carbonyl (C=O) groups is 2. The molecule has 0 bridgehead atoms. The summed E-state index contributed by atoms with van der Waals surface area (Å²) in [6, 6.07) is 14.5. The van der Waals surface area contributed by atoms with Gasteiger partial charge in [-0.15, -0.1) is 0 Å². The predicted octanol–water partition coefficient (Wildman–Crippen LogP) is 3.17. The van der Waals surface area contributed by atoms with Crippen molar-refractivity contribution in [1.29, 1.82) is 0 Å². The van der Waals surface area contributed by atoms with Crippen molar-refractivity contribution in [3.8, 4) is 0 Å². The van der Waals surface area contributed by atoms with Gasteiger partial charge < -0.3 is 42.1 Å². The summed E-state index contributed by atoms with van der Waals surface area (Å²) in [6.07, 6.45) is 7.79. The number of aliphatic hydroxyl groups excluding tert-OH is 2. The second kappa shape index (κ2) is 17.8. The molecule has 0 aromatic heterocycles. The monoisotopic (exact) mass is 606 g/mol. The summed E-state index contributed by atoms with van der Waals surface area (Å²) in [4.78, 5) is 33.0. The highest BCUT2D eigenvalue weighted by atomic mass is 16.3. The maximum atomic E-state index is 12.2. The van der Waals surface area contributed by atoms with E-state index in [0.29, 0.717) is 39.3 Å². The number of β-amino-alcohol motifs (C(OH)–C–C–N with tert-alkyl or cyclic N) is 2. The van der Waals surface area contributed by atoms with E-state index in [1.807, 2.05) is 48.5 Å². The van der Waals surface area contributed by atoms with Crippen molar-refractivity contribution in [1.82, 2.24) is 21.3 Å². The van der Waals surface area contributed by atoms with Crippen molar-refractivity contribution in [2.75, 3.05) is 49.9 Å². The number of nitrogens with zero attached hydrogens (tertiary/aromatic N) is 2. The zero-order valence-corrected chi connectivity index (χ0v) is 25.3. The molecule has 2 aromatic rings. The molecule has 2 aliphatic heterocycles. The van der Waals surface area contributed by atoms with Crippen molar-refractivity contribution in [2.45, 2.75) is 63.6 Å². The number of nitrogens with one attached hydrogen (secondary N) is 6. The number of hydrogen-bond donors (Lipinski definition) is 8. The topological polar surface area (TPSA) is 172 Å². The number of urea groups is 2. The van der Waals surface area contributed by atoms with Gasteiger partial charge >= 0.3 is 12.1 Å². The number of carbonyl (C=O) groups excluding carboxylic acids is 2. The van der Waals surface area contributed by atoms with Crippen LogP contribution in [0.5, 0.6) is 0 Å². The van der Waals surface area contributed by atoms with E-state index in [0.717, 1.165) is 72.7 Å². The molecule has 12 nitrogen and oxygen atoms in total. The number of aliphatic hydroxyl groups is 2. The largest absolute Gasteiger partial charge is 0.389 e. The van der Waals surface area contributed by atoms with Gasteiger partial charge in [0, 0.05) is 48.7 Å². The molecule has 0 radical (unpaired) electrons. The standard InChI is InChI=1S/C32H46N8O4/c41-27-19-35-29(36-20-27)23-9-13-25(14-10-23)39-31(43)33-17-7-5-3-1-2-4-6-8-18-34-32(44)40-26-15-11-24(12-16-26)30-37-21-28(42)22-38-30/h9-16,27-28,41-42H,1-8,17-22H2,(H,35,36)(H,37,38)(H2,33,39,43)(H2,34,40,44). The predicted molar refractivity (Wildman–Crippen MR) is 175 cm³/mol. The summed E-state index contributed by atoms with van der Waals surface area (Å²) in [6.45, 7) is 3.05. The minimum Gasteiger partial charge on any atom is -0.389 e. The van der Waals surface area contributed by atoms with Crippen LogP contribution in [0.25, 0.3) is 0 Å². The summed E-state index contributed by atoms with van der Waals surface area (Å²) >= 11 is 0. The van der Waals surface area contributed by atoms with Crippen molar-refractivity contribution >= 4 is 35.1 Å². The number of amidine groups is 2. The minimum absolute atomic E-state index is 0.209. The lowest BCUT2D eigenvalue weighted by molar-refractivity contribution is 0.181. The molecule has 44 heavy (non-hydrogen) atoms. The van der Waals surface area contributed by atoms with E-state index in [2.05, 4.69) is 41.9 Å². The van der Waals surface area contributed by atoms with Gasteiger partial charge in [-0.2, -0.15) is 0 Å². The summed E-state index contributed by atoms with van der Waals surface area (Å²) < 4.78 is 0. The second-order valence-corrected chi connectivity index (χ2v) is 11.2. The highest BCUT2D eigenvalue weighted by Gasteiger charge is 2.14. The van der Waals surface area contributed by atoms with Gasteiger partial charge in [0.2, 0.25) is 0 Å². The van der Waals surface area contributed by atoms with Gasteiger partial charge in [0.05, 0.1) is 25.3 Å². The quantitative estimate of drug-likeness (QED) is 0.145. The SMILES string of the molecule is O=C(NCCCCCCCCCCNC(=O)Nc1ccc(C2=NCC(O)CN2)cc1)Nc1ccc(C2=NCC(O)CN2)cc1. The molecule has 8 N–H and O–H groups in total. The second-order valence-electron chi connectivity index (χ2n) is 11.2. The fourth-order valence-electron chi connectivity index (χ4n) is 4.94. The first-order valence-electron chi connectivity index (χ1n) is 15.7. The van der Waals surface area contributed by atoms with Gasteiger partial charge in [-0.3, -0.25) is 9.98 Å².